The molecule has 1 aliphatic carbocycles. The predicted molar refractivity (Wildman–Crippen MR) is 88.0 cm³/mol. The Morgan fingerprint density at radius 1 is 1.15 bits per heavy atom. The number of rotatable bonds is 6. The molecule has 1 fully saturated rings. The summed E-state index contributed by atoms with van der Waals surface area (Å²) in [5.74, 6) is 1.82. The molecule has 3 atom stereocenters. The van der Waals surface area contributed by atoms with Crippen LogP contribution in [0.5, 0.6) is 0 Å². The summed E-state index contributed by atoms with van der Waals surface area (Å²) in [4.78, 5) is 0. The highest BCUT2D eigenvalue weighted by molar-refractivity contribution is 5.25. The molecule has 0 spiro atoms. The van der Waals surface area contributed by atoms with Gasteiger partial charge in [-0.3, -0.25) is 0 Å². The van der Waals surface area contributed by atoms with E-state index in [1.54, 1.807) is 0 Å². The number of hydrogen-bond donors (Lipinski definition) is 1. The Hall–Kier alpha value is -0.820. The summed E-state index contributed by atoms with van der Waals surface area (Å²) in [6, 6.07) is 9.70. The highest BCUT2D eigenvalue weighted by atomic mass is 14.9. The van der Waals surface area contributed by atoms with Crippen LogP contribution in [-0.2, 0) is 6.42 Å². The third kappa shape index (κ3) is 4.34. The van der Waals surface area contributed by atoms with Gasteiger partial charge in [-0.25, -0.2) is 0 Å². The topological polar surface area (TPSA) is 12.0 Å². The minimum atomic E-state index is 0.526. The SMILES string of the molecule is CCc1ccc(C(CC)NCC2CCCC(C)C2)cc1. The first-order chi connectivity index (χ1) is 9.72. The van der Waals surface area contributed by atoms with Gasteiger partial charge in [0, 0.05) is 6.04 Å². The van der Waals surface area contributed by atoms with E-state index < -0.39 is 0 Å². The van der Waals surface area contributed by atoms with Gasteiger partial charge in [0.1, 0.15) is 0 Å². The van der Waals surface area contributed by atoms with Gasteiger partial charge in [-0.2, -0.15) is 0 Å². The number of benzene rings is 1. The van der Waals surface area contributed by atoms with Crippen LogP contribution in [-0.4, -0.2) is 6.54 Å². The summed E-state index contributed by atoms with van der Waals surface area (Å²) in [7, 11) is 0. The number of hydrogen-bond acceptors (Lipinski definition) is 1. The molecule has 1 saturated carbocycles. The molecular formula is C19H31N. The molecule has 1 N–H and O–H groups in total. The minimum absolute atomic E-state index is 0.526. The Morgan fingerprint density at radius 2 is 1.90 bits per heavy atom. The lowest BCUT2D eigenvalue weighted by Gasteiger charge is -2.29. The van der Waals surface area contributed by atoms with Gasteiger partial charge >= 0.3 is 0 Å². The first-order valence-corrected chi connectivity index (χ1v) is 8.55. The average molecular weight is 273 g/mol. The maximum Gasteiger partial charge on any atom is 0.0317 e. The second-order valence-electron chi connectivity index (χ2n) is 6.60. The molecule has 0 saturated heterocycles. The lowest BCUT2D eigenvalue weighted by Crippen LogP contribution is -2.29. The third-order valence-electron chi connectivity index (χ3n) is 4.90. The largest absolute Gasteiger partial charge is 0.310 e. The van der Waals surface area contributed by atoms with E-state index in [0.29, 0.717) is 6.04 Å². The van der Waals surface area contributed by atoms with Gasteiger partial charge in [-0.1, -0.05) is 57.9 Å². The van der Waals surface area contributed by atoms with Crippen molar-refractivity contribution in [2.24, 2.45) is 11.8 Å². The molecule has 0 bridgehead atoms. The van der Waals surface area contributed by atoms with E-state index in [2.05, 4.69) is 50.4 Å². The second kappa shape index (κ2) is 7.83. The summed E-state index contributed by atoms with van der Waals surface area (Å²) in [5.41, 5.74) is 2.89. The van der Waals surface area contributed by atoms with E-state index >= 15 is 0 Å². The fraction of sp³-hybridized carbons (Fsp3) is 0.684. The van der Waals surface area contributed by atoms with Crippen molar-refractivity contribution in [3.8, 4) is 0 Å². The van der Waals surface area contributed by atoms with Crippen molar-refractivity contribution in [2.45, 2.75) is 65.3 Å². The van der Waals surface area contributed by atoms with Crippen LogP contribution in [0.2, 0.25) is 0 Å². The van der Waals surface area contributed by atoms with Crippen LogP contribution in [0, 0.1) is 11.8 Å². The molecule has 1 aromatic rings. The van der Waals surface area contributed by atoms with E-state index in [9.17, 15) is 0 Å². The summed E-state index contributed by atoms with van der Waals surface area (Å²) >= 11 is 0. The Bertz CT molecular complexity index is 381. The fourth-order valence-electron chi connectivity index (χ4n) is 3.54. The van der Waals surface area contributed by atoms with E-state index in [1.165, 1.54) is 49.8 Å². The van der Waals surface area contributed by atoms with Crippen molar-refractivity contribution in [3.63, 3.8) is 0 Å². The number of nitrogens with one attached hydrogen (secondary N) is 1. The van der Waals surface area contributed by atoms with Crippen LogP contribution >= 0.6 is 0 Å². The van der Waals surface area contributed by atoms with E-state index in [1.807, 2.05) is 0 Å². The summed E-state index contributed by atoms with van der Waals surface area (Å²) in [6.45, 7) is 8.11. The van der Waals surface area contributed by atoms with E-state index in [0.717, 1.165) is 18.3 Å². The standard InChI is InChI=1S/C19H31N/c1-4-16-9-11-18(12-10-16)19(5-2)20-14-17-8-6-7-15(3)13-17/h9-12,15,17,19-20H,4-8,13-14H2,1-3H3. The van der Waals surface area contributed by atoms with Crippen molar-refractivity contribution >= 4 is 0 Å². The minimum Gasteiger partial charge on any atom is -0.310 e. The molecule has 1 aliphatic rings. The molecule has 0 aliphatic heterocycles. The van der Waals surface area contributed by atoms with Gasteiger partial charge in [-0.15, -0.1) is 0 Å². The van der Waals surface area contributed by atoms with Crippen LogP contribution in [0.15, 0.2) is 24.3 Å². The van der Waals surface area contributed by atoms with Crippen molar-refractivity contribution in [1.82, 2.24) is 5.32 Å². The molecule has 112 valence electrons. The zero-order valence-electron chi connectivity index (χ0n) is 13.5. The van der Waals surface area contributed by atoms with Crippen LogP contribution in [0.4, 0.5) is 0 Å². The maximum absolute atomic E-state index is 3.81. The monoisotopic (exact) mass is 273 g/mol. The van der Waals surface area contributed by atoms with E-state index in [-0.39, 0.29) is 0 Å². The van der Waals surface area contributed by atoms with Crippen LogP contribution in [0.3, 0.4) is 0 Å². The lowest BCUT2D eigenvalue weighted by molar-refractivity contribution is 0.266. The highest BCUT2D eigenvalue weighted by Gasteiger charge is 2.19. The van der Waals surface area contributed by atoms with Gasteiger partial charge < -0.3 is 5.32 Å². The third-order valence-corrected chi connectivity index (χ3v) is 4.90. The first kappa shape index (κ1) is 15.6. The molecule has 0 aromatic heterocycles. The molecule has 0 radical (unpaired) electrons. The molecule has 1 heteroatoms. The Kier molecular flexibility index (Phi) is 6.09. The Morgan fingerprint density at radius 3 is 2.50 bits per heavy atom. The van der Waals surface area contributed by atoms with E-state index in [4.69, 9.17) is 0 Å². The van der Waals surface area contributed by atoms with Crippen molar-refractivity contribution in [2.75, 3.05) is 6.54 Å². The predicted octanol–water partition coefficient (Wildman–Crippen LogP) is 5.12. The summed E-state index contributed by atoms with van der Waals surface area (Å²) in [5, 5.41) is 3.81. The molecule has 0 amide bonds. The van der Waals surface area contributed by atoms with Crippen LogP contribution in [0.1, 0.15) is 70.0 Å². The van der Waals surface area contributed by atoms with Crippen LogP contribution < -0.4 is 5.32 Å². The smallest absolute Gasteiger partial charge is 0.0317 e. The summed E-state index contributed by atoms with van der Waals surface area (Å²) in [6.07, 6.45) is 8.00. The zero-order valence-corrected chi connectivity index (χ0v) is 13.5. The first-order valence-electron chi connectivity index (χ1n) is 8.55. The van der Waals surface area contributed by atoms with Gasteiger partial charge in [-0.05, 0) is 55.2 Å². The highest BCUT2D eigenvalue weighted by Crippen LogP contribution is 2.28. The van der Waals surface area contributed by atoms with Crippen molar-refractivity contribution < 1.29 is 0 Å². The molecule has 2 rings (SSSR count). The normalized spacial score (nSPS) is 24.6. The van der Waals surface area contributed by atoms with Crippen molar-refractivity contribution in [3.05, 3.63) is 35.4 Å². The van der Waals surface area contributed by atoms with Gasteiger partial charge in [0.15, 0.2) is 0 Å². The molecule has 1 aromatic carbocycles. The van der Waals surface area contributed by atoms with Crippen molar-refractivity contribution in [1.29, 1.82) is 0 Å². The molecule has 20 heavy (non-hydrogen) atoms. The van der Waals surface area contributed by atoms with Gasteiger partial charge in [0.25, 0.3) is 0 Å². The molecule has 0 heterocycles. The van der Waals surface area contributed by atoms with Crippen LogP contribution in [0.25, 0.3) is 0 Å². The Labute approximate surface area is 125 Å². The average Bonchev–Trinajstić information content (AvgIpc) is 2.48. The second-order valence-corrected chi connectivity index (χ2v) is 6.60. The van der Waals surface area contributed by atoms with Gasteiger partial charge in [0.05, 0.1) is 0 Å². The molecular weight excluding hydrogens is 242 g/mol. The molecule has 3 unspecified atom stereocenters. The zero-order chi connectivity index (χ0) is 14.4. The quantitative estimate of drug-likeness (QED) is 0.759. The Balaban J connectivity index is 1.87. The fourth-order valence-corrected chi connectivity index (χ4v) is 3.54. The van der Waals surface area contributed by atoms with Gasteiger partial charge in [0.2, 0.25) is 0 Å². The summed E-state index contributed by atoms with van der Waals surface area (Å²) < 4.78 is 0. The lowest BCUT2D eigenvalue weighted by atomic mass is 9.82. The number of aryl methyl sites for hydroxylation is 1. The maximum atomic E-state index is 3.81. The molecule has 1 nitrogen and oxygen atoms in total.